The monoisotopic (exact) mass is 494 g/mol. The lowest BCUT2D eigenvalue weighted by atomic mass is 10.0. The summed E-state index contributed by atoms with van der Waals surface area (Å²) in [5.74, 6) is 0.739. The van der Waals surface area contributed by atoms with Gasteiger partial charge in [-0.3, -0.25) is 9.59 Å². The van der Waals surface area contributed by atoms with Crippen LogP contribution in [-0.4, -0.2) is 43.0 Å². The fourth-order valence-corrected chi connectivity index (χ4v) is 3.86. The van der Waals surface area contributed by atoms with Crippen LogP contribution in [0.25, 0.3) is 0 Å². The van der Waals surface area contributed by atoms with Crippen molar-refractivity contribution in [2.75, 3.05) is 20.3 Å². The summed E-state index contributed by atoms with van der Waals surface area (Å²) in [6.07, 6.45) is 1.18. The summed E-state index contributed by atoms with van der Waals surface area (Å²) < 4.78 is 10.9. The Labute approximate surface area is 211 Å². The van der Waals surface area contributed by atoms with E-state index in [1.54, 1.807) is 48.4 Å². The maximum atomic E-state index is 13.5. The van der Waals surface area contributed by atoms with Crippen LogP contribution in [0.1, 0.15) is 24.5 Å². The van der Waals surface area contributed by atoms with Crippen LogP contribution < -0.4 is 14.8 Å². The van der Waals surface area contributed by atoms with Crippen molar-refractivity contribution < 1.29 is 19.1 Å². The molecule has 0 aliphatic rings. The number of carbonyl (C=O) groups is 2. The second kappa shape index (κ2) is 13.4. The molecule has 2 amide bonds. The first-order valence-corrected chi connectivity index (χ1v) is 12.0. The van der Waals surface area contributed by atoms with Crippen LogP contribution in [0.3, 0.4) is 0 Å². The van der Waals surface area contributed by atoms with Gasteiger partial charge in [0.15, 0.2) is 6.61 Å². The van der Waals surface area contributed by atoms with Gasteiger partial charge in [0.1, 0.15) is 17.5 Å². The fourth-order valence-electron chi connectivity index (χ4n) is 3.65. The Morgan fingerprint density at radius 2 is 1.63 bits per heavy atom. The molecular formula is C28H31ClN2O4. The summed E-state index contributed by atoms with van der Waals surface area (Å²) in [6, 6.07) is 23.3. The number of ether oxygens (including phenoxy) is 2. The summed E-state index contributed by atoms with van der Waals surface area (Å²) in [5.41, 5.74) is 1.79. The van der Waals surface area contributed by atoms with Crippen molar-refractivity contribution in [2.24, 2.45) is 0 Å². The Bertz CT molecular complexity index is 1090. The molecule has 0 aromatic heterocycles. The third-order valence-corrected chi connectivity index (χ3v) is 5.72. The average molecular weight is 495 g/mol. The van der Waals surface area contributed by atoms with E-state index in [0.717, 1.165) is 17.5 Å². The summed E-state index contributed by atoms with van der Waals surface area (Å²) in [6.45, 7) is 2.54. The number of hydrogen-bond donors (Lipinski definition) is 1. The zero-order valence-corrected chi connectivity index (χ0v) is 20.8. The summed E-state index contributed by atoms with van der Waals surface area (Å²) in [4.78, 5) is 28.3. The predicted molar refractivity (Wildman–Crippen MR) is 138 cm³/mol. The maximum Gasteiger partial charge on any atom is 0.261 e. The second-order valence-corrected chi connectivity index (χ2v) is 8.55. The highest BCUT2D eigenvalue weighted by Gasteiger charge is 2.30. The lowest BCUT2D eigenvalue weighted by Crippen LogP contribution is -2.51. The summed E-state index contributed by atoms with van der Waals surface area (Å²) in [7, 11) is 1.59. The van der Waals surface area contributed by atoms with Crippen LogP contribution in [0, 0.1) is 0 Å². The van der Waals surface area contributed by atoms with E-state index in [0.29, 0.717) is 29.5 Å². The molecule has 0 bridgehead atoms. The SMILES string of the molecule is CCCNC(=O)[C@@H](Cc1ccccc1)N(Cc1cccc(Cl)c1)C(=O)COc1ccc(OC)cc1. The van der Waals surface area contributed by atoms with E-state index in [2.05, 4.69) is 5.32 Å². The van der Waals surface area contributed by atoms with Crippen LogP contribution in [0.5, 0.6) is 11.5 Å². The molecule has 6 nitrogen and oxygen atoms in total. The third-order valence-electron chi connectivity index (χ3n) is 5.48. The molecule has 7 heteroatoms. The smallest absolute Gasteiger partial charge is 0.261 e. The van der Waals surface area contributed by atoms with Crippen molar-refractivity contribution >= 4 is 23.4 Å². The quantitative estimate of drug-likeness (QED) is 0.389. The molecular weight excluding hydrogens is 464 g/mol. The van der Waals surface area contributed by atoms with Crippen molar-refractivity contribution in [3.05, 3.63) is 95.0 Å². The third kappa shape index (κ3) is 8.04. The number of benzene rings is 3. The molecule has 184 valence electrons. The Balaban J connectivity index is 1.87. The molecule has 0 radical (unpaired) electrons. The largest absolute Gasteiger partial charge is 0.497 e. The molecule has 0 spiro atoms. The molecule has 0 aliphatic heterocycles. The second-order valence-electron chi connectivity index (χ2n) is 8.11. The van der Waals surface area contributed by atoms with Gasteiger partial charge in [-0.2, -0.15) is 0 Å². The Hall–Kier alpha value is -3.51. The molecule has 0 saturated carbocycles. The van der Waals surface area contributed by atoms with E-state index >= 15 is 0 Å². The molecule has 0 fully saturated rings. The van der Waals surface area contributed by atoms with Gasteiger partial charge in [0.05, 0.1) is 7.11 Å². The molecule has 3 rings (SSSR count). The highest BCUT2D eigenvalue weighted by atomic mass is 35.5. The van der Waals surface area contributed by atoms with Crippen molar-refractivity contribution in [1.82, 2.24) is 10.2 Å². The predicted octanol–water partition coefficient (Wildman–Crippen LogP) is 4.89. The topological polar surface area (TPSA) is 67.9 Å². The van der Waals surface area contributed by atoms with Gasteiger partial charge in [-0.1, -0.05) is 61.0 Å². The lowest BCUT2D eigenvalue weighted by Gasteiger charge is -2.31. The van der Waals surface area contributed by atoms with E-state index in [-0.39, 0.29) is 25.0 Å². The number of carbonyl (C=O) groups excluding carboxylic acids is 2. The minimum Gasteiger partial charge on any atom is -0.497 e. The molecule has 3 aromatic carbocycles. The molecule has 0 aliphatic carbocycles. The van der Waals surface area contributed by atoms with Crippen LogP contribution >= 0.6 is 11.6 Å². The maximum absolute atomic E-state index is 13.5. The van der Waals surface area contributed by atoms with Crippen molar-refractivity contribution in [3.8, 4) is 11.5 Å². The zero-order chi connectivity index (χ0) is 25.0. The van der Waals surface area contributed by atoms with Crippen LogP contribution in [0.2, 0.25) is 5.02 Å². The zero-order valence-electron chi connectivity index (χ0n) is 20.1. The number of nitrogens with one attached hydrogen (secondary N) is 1. The van der Waals surface area contributed by atoms with E-state index in [9.17, 15) is 9.59 Å². The molecule has 0 heterocycles. The standard InChI is InChI=1S/C28H31ClN2O4/c1-3-16-30-28(33)26(18-21-8-5-4-6-9-21)31(19-22-10-7-11-23(29)17-22)27(32)20-35-25-14-12-24(34-2)13-15-25/h4-15,17,26H,3,16,18-20H2,1-2H3,(H,30,33)/t26-/m1/s1. The van der Waals surface area contributed by atoms with Crippen molar-refractivity contribution in [2.45, 2.75) is 32.4 Å². The van der Waals surface area contributed by atoms with Gasteiger partial charge in [-0.25, -0.2) is 0 Å². The number of halogens is 1. The molecule has 3 aromatic rings. The molecule has 0 unspecified atom stereocenters. The van der Waals surface area contributed by atoms with E-state index in [4.69, 9.17) is 21.1 Å². The van der Waals surface area contributed by atoms with Gasteiger partial charge in [0.25, 0.3) is 5.91 Å². The van der Waals surface area contributed by atoms with Gasteiger partial charge < -0.3 is 19.7 Å². The Kier molecular flexibility index (Phi) is 9.99. The fraction of sp³-hybridized carbons (Fsp3) is 0.286. The first-order valence-electron chi connectivity index (χ1n) is 11.6. The summed E-state index contributed by atoms with van der Waals surface area (Å²) >= 11 is 6.20. The minimum atomic E-state index is -0.713. The molecule has 1 atom stereocenters. The van der Waals surface area contributed by atoms with Crippen LogP contribution in [0.4, 0.5) is 0 Å². The normalized spacial score (nSPS) is 11.4. The van der Waals surface area contributed by atoms with Crippen LogP contribution in [-0.2, 0) is 22.6 Å². The summed E-state index contributed by atoms with van der Waals surface area (Å²) in [5, 5.41) is 3.53. The Morgan fingerprint density at radius 3 is 2.29 bits per heavy atom. The first kappa shape index (κ1) is 26.1. The van der Waals surface area contributed by atoms with Gasteiger partial charge in [0.2, 0.25) is 5.91 Å². The van der Waals surface area contributed by atoms with Crippen LogP contribution in [0.15, 0.2) is 78.9 Å². The van der Waals surface area contributed by atoms with Crippen molar-refractivity contribution in [1.29, 1.82) is 0 Å². The lowest BCUT2D eigenvalue weighted by molar-refractivity contribution is -0.142. The van der Waals surface area contributed by atoms with Gasteiger partial charge in [0, 0.05) is 24.5 Å². The van der Waals surface area contributed by atoms with Gasteiger partial charge in [-0.15, -0.1) is 0 Å². The van der Waals surface area contributed by atoms with Crippen molar-refractivity contribution in [3.63, 3.8) is 0 Å². The van der Waals surface area contributed by atoms with E-state index in [1.165, 1.54) is 0 Å². The molecule has 0 saturated heterocycles. The highest BCUT2D eigenvalue weighted by molar-refractivity contribution is 6.30. The molecule has 35 heavy (non-hydrogen) atoms. The van der Waals surface area contributed by atoms with E-state index < -0.39 is 6.04 Å². The molecule has 1 N–H and O–H groups in total. The number of nitrogens with zero attached hydrogens (tertiary/aromatic N) is 1. The Morgan fingerprint density at radius 1 is 0.943 bits per heavy atom. The first-order chi connectivity index (χ1) is 17.0. The number of methoxy groups -OCH3 is 1. The average Bonchev–Trinajstić information content (AvgIpc) is 2.88. The van der Waals surface area contributed by atoms with Gasteiger partial charge in [-0.05, 0) is 53.9 Å². The number of hydrogen-bond acceptors (Lipinski definition) is 4. The number of rotatable bonds is 12. The minimum absolute atomic E-state index is 0.199. The number of amides is 2. The van der Waals surface area contributed by atoms with Gasteiger partial charge >= 0.3 is 0 Å². The van der Waals surface area contributed by atoms with E-state index in [1.807, 2.05) is 49.4 Å². The highest BCUT2D eigenvalue weighted by Crippen LogP contribution is 2.20.